The SMILES string of the molecule is C=CCCCCCCc1ccccc1OCCCC. The molecule has 0 saturated heterocycles. The summed E-state index contributed by atoms with van der Waals surface area (Å²) < 4.78 is 5.86. The number of ether oxygens (including phenoxy) is 1. The average Bonchev–Trinajstić information content (AvgIpc) is 2.44. The number of rotatable bonds is 11. The molecule has 0 aliphatic rings. The van der Waals surface area contributed by atoms with Gasteiger partial charge in [-0.05, 0) is 43.7 Å². The van der Waals surface area contributed by atoms with Crippen LogP contribution in [-0.4, -0.2) is 6.61 Å². The molecule has 0 N–H and O–H groups in total. The second-order valence-electron chi connectivity index (χ2n) is 5.05. The molecule has 0 spiro atoms. The number of allylic oxidation sites excluding steroid dienone is 1. The largest absolute Gasteiger partial charge is 0.493 e. The smallest absolute Gasteiger partial charge is 0.122 e. The van der Waals surface area contributed by atoms with Crippen LogP contribution in [0.3, 0.4) is 0 Å². The lowest BCUT2D eigenvalue weighted by molar-refractivity contribution is 0.306. The highest BCUT2D eigenvalue weighted by atomic mass is 16.5. The normalized spacial score (nSPS) is 10.4. The highest BCUT2D eigenvalue weighted by Gasteiger charge is 2.02. The molecule has 0 aromatic heterocycles. The molecular weight excluding hydrogens is 232 g/mol. The lowest BCUT2D eigenvalue weighted by Gasteiger charge is -2.11. The van der Waals surface area contributed by atoms with Crippen LogP contribution in [0.4, 0.5) is 0 Å². The van der Waals surface area contributed by atoms with E-state index < -0.39 is 0 Å². The van der Waals surface area contributed by atoms with Gasteiger partial charge >= 0.3 is 0 Å². The Morgan fingerprint density at radius 1 is 1.05 bits per heavy atom. The standard InChI is InChI=1S/C18H28O/c1-3-5-7-8-9-10-13-17-14-11-12-15-18(17)19-16-6-4-2/h3,11-12,14-15H,1,4-10,13,16H2,2H3. The van der Waals surface area contributed by atoms with Crippen LogP contribution in [0.25, 0.3) is 0 Å². The number of hydrogen-bond acceptors (Lipinski definition) is 1. The van der Waals surface area contributed by atoms with Gasteiger partial charge in [0.05, 0.1) is 6.61 Å². The van der Waals surface area contributed by atoms with Crippen molar-refractivity contribution in [2.24, 2.45) is 0 Å². The predicted octanol–water partition coefficient (Wildman–Crippen LogP) is 5.54. The van der Waals surface area contributed by atoms with E-state index in [-0.39, 0.29) is 0 Å². The molecule has 0 radical (unpaired) electrons. The van der Waals surface area contributed by atoms with Gasteiger partial charge in [0.2, 0.25) is 0 Å². The van der Waals surface area contributed by atoms with Crippen molar-refractivity contribution >= 4 is 0 Å². The summed E-state index contributed by atoms with van der Waals surface area (Å²) in [5, 5.41) is 0. The lowest BCUT2D eigenvalue weighted by atomic mass is 10.0. The molecule has 1 aromatic rings. The Morgan fingerprint density at radius 2 is 1.84 bits per heavy atom. The highest BCUT2D eigenvalue weighted by Crippen LogP contribution is 2.21. The van der Waals surface area contributed by atoms with E-state index >= 15 is 0 Å². The van der Waals surface area contributed by atoms with Crippen molar-refractivity contribution < 1.29 is 4.74 Å². The van der Waals surface area contributed by atoms with Gasteiger partial charge in [-0.3, -0.25) is 0 Å². The van der Waals surface area contributed by atoms with Crippen LogP contribution in [0.5, 0.6) is 5.75 Å². The molecule has 0 unspecified atom stereocenters. The maximum atomic E-state index is 5.86. The molecule has 0 fully saturated rings. The second kappa shape index (κ2) is 10.7. The summed E-state index contributed by atoms with van der Waals surface area (Å²) in [4.78, 5) is 0. The topological polar surface area (TPSA) is 9.23 Å². The monoisotopic (exact) mass is 260 g/mol. The number of para-hydroxylation sites is 1. The molecule has 0 bridgehead atoms. The van der Waals surface area contributed by atoms with Gasteiger partial charge in [0.25, 0.3) is 0 Å². The first-order chi connectivity index (χ1) is 9.38. The maximum Gasteiger partial charge on any atom is 0.122 e. The first-order valence-corrected chi connectivity index (χ1v) is 7.70. The van der Waals surface area contributed by atoms with Gasteiger partial charge in [0.15, 0.2) is 0 Å². The molecule has 106 valence electrons. The fourth-order valence-electron chi connectivity index (χ4n) is 2.14. The molecule has 19 heavy (non-hydrogen) atoms. The molecule has 0 amide bonds. The number of aryl methyl sites for hydroxylation is 1. The van der Waals surface area contributed by atoms with Gasteiger partial charge in [-0.2, -0.15) is 0 Å². The lowest BCUT2D eigenvalue weighted by Crippen LogP contribution is -1.99. The molecule has 0 atom stereocenters. The molecule has 1 nitrogen and oxygen atoms in total. The molecule has 0 saturated carbocycles. The first-order valence-electron chi connectivity index (χ1n) is 7.70. The Bertz CT molecular complexity index is 343. The van der Waals surface area contributed by atoms with Gasteiger partial charge < -0.3 is 4.74 Å². The van der Waals surface area contributed by atoms with E-state index in [2.05, 4.69) is 37.8 Å². The molecule has 1 aromatic carbocycles. The summed E-state index contributed by atoms with van der Waals surface area (Å²) in [5.41, 5.74) is 1.36. The Kier molecular flexibility index (Phi) is 8.87. The Labute approximate surface area is 118 Å². The van der Waals surface area contributed by atoms with Crippen LogP contribution >= 0.6 is 0 Å². The Hall–Kier alpha value is -1.24. The fourth-order valence-corrected chi connectivity index (χ4v) is 2.14. The van der Waals surface area contributed by atoms with Crippen molar-refractivity contribution in [3.05, 3.63) is 42.5 Å². The Balaban J connectivity index is 2.29. The zero-order valence-electron chi connectivity index (χ0n) is 12.4. The van der Waals surface area contributed by atoms with Crippen LogP contribution in [0.1, 0.15) is 57.4 Å². The number of benzene rings is 1. The average molecular weight is 260 g/mol. The van der Waals surface area contributed by atoms with E-state index in [0.29, 0.717) is 0 Å². The minimum Gasteiger partial charge on any atom is -0.493 e. The van der Waals surface area contributed by atoms with Gasteiger partial charge in [0, 0.05) is 0 Å². The predicted molar refractivity (Wildman–Crippen MR) is 83.8 cm³/mol. The molecule has 1 rings (SSSR count). The van der Waals surface area contributed by atoms with Crippen LogP contribution in [-0.2, 0) is 6.42 Å². The van der Waals surface area contributed by atoms with Gasteiger partial charge in [-0.25, -0.2) is 0 Å². The highest BCUT2D eigenvalue weighted by molar-refractivity contribution is 5.33. The third-order valence-corrected chi connectivity index (χ3v) is 3.33. The van der Waals surface area contributed by atoms with Crippen molar-refractivity contribution in [2.45, 2.75) is 58.3 Å². The molecule has 0 aliphatic heterocycles. The van der Waals surface area contributed by atoms with Crippen molar-refractivity contribution in [1.29, 1.82) is 0 Å². The van der Waals surface area contributed by atoms with Crippen molar-refractivity contribution in [3.63, 3.8) is 0 Å². The van der Waals surface area contributed by atoms with E-state index in [1.165, 1.54) is 37.7 Å². The first kappa shape index (κ1) is 15.8. The van der Waals surface area contributed by atoms with Gasteiger partial charge in [-0.15, -0.1) is 6.58 Å². The van der Waals surface area contributed by atoms with E-state index in [4.69, 9.17) is 4.74 Å². The summed E-state index contributed by atoms with van der Waals surface area (Å²) in [5.74, 6) is 1.09. The number of unbranched alkanes of at least 4 members (excludes halogenated alkanes) is 5. The molecule has 0 aliphatic carbocycles. The summed E-state index contributed by atoms with van der Waals surface area (Å²) >= 11 is 0. The van der Waals surface area contributed by atoms with Gasteiger partial charge in [-0.1, -0.05) is 50.5 Å². The van der Waals surface area contributed by atoms with Crippen LogP contribution in [0.2, 0.25) is 0 Å². The van der Waals surface area contributed by atoms with E-state index in [1.54, 1.807) is 0 Å². The zero-order chi connectivity index (χ0) is 13.8. The summed E-state index contributed by atoms with van der Waals surface area (Å²) in [7, 11) is 0. The third kappa shape index (κ3) is 7.05. The van der Waals surface area contributed by atoms with Crippen LogP contribution < -0.4 is 4.74 Å². The Morgan fingerprint density at radius 3 is 2.63 bits per heavy atom. The van der Waals surface area contributed by atoms with Crippen LogP contribution in [0, 0.1) is 0 Å². The van der Waals surface area contributed by atoms with Crippen molar-refractivity contribution in [2.75, 3.05) is 6.61 Å². The molecule has 0 heterocycles. The fraction of sp³-hybridized carbons (Fsp3) is 0.556. The minimum atomic E-state index is 0.840. The summed E-state index contributed by atoms with van der Waals surface area (Å²) in [6, 6.07) is 8.47. The second-order valence-corrected chi connectivity index (χ2v) is 5.05. The van der Waals surface area contributed by atoms with E-state index in [1.807, 2.05) is 6.08 Å². The van der Waals surface area contributed by atoms with E-state index in [0.717, 1.165) is 31.6 Å². The molecule has 1 heteroatoms. The van der Waals surface area contributed by atoms with E-state index in [9.17, 15) is 0 Å². The summed E-state index contributed by atoms with van der Waals surface area (Å²) in [6.07, 6.45) is 11.8. The van der Waals surface area contributed by atoms with Gasteiger partial charge in [0.1, 0.15) is 5.75 Å². The number of hydrogen-bond donors (Lipinski definition) is 0. The van der Waals surface area contributed by atoms with Crippen molar-refractivity contribution in [3.8, 4) is 5.75 Å². The summed E-state index contributed by atoms with van der Waals surface area (Å²) in [6.45, 7) is 6.79. The zero-order valence-corrected chi connectivity index (χ0v) is 12.4. The van der Waals surface area contributed by atoms with Crippen molar-refractivity contribution in [1.82, 2.24) is 0 Å². The van der Waals surface area contributed by atoms with Crippen LogP contribution in [0.15, 0.2) is 36.9 Å². The third-order valence-electron chi connectivity index (χ3n) is 3.33. The minimum absolute atomic E-state index is 0.840. The maximum absolute atomic E-state index is 5.86. The molecular formula is C18H28O. The quantitative estimate of drug-likeness (QED) is 0.374.